The van der Waals surface area contributed by atoms with Gasteiger partial charge in [0, 0.05) is 18.3 Å². The summed E-state index contributed by atoms with van der Waals surface area (Å²) in [6.45, 7) is 10.1. The standard InChI is InChI=1S/C30H54ClNO6/c1-6-7-8-9-12-15-18-22(31)19-16-13-10-11-14-17-20-24(33)32-21-23-25-26(36-29(2,3)35-25)27-28(34-23)38-30(4,5)37-27/h22-23,25-28H,6-21H2,1-5H3,(H,32,33)/t22?,23-,25+,26+,27-,28-/m1/s1. The van der Waals surface area contributed by atoms with E-state index < -0.39 is 17.9 Å². The lowest BCUT2D eigenvalue weighted by atomic mass is 9.99. The van der Waals surface area contributed by atoms with E-state index in [2.05, 4.69) is 12.2 Å². The van der Waals surface area contributed by atoms with Gasteiger partial charge in [-0.3, -0.25) is 4.79 Å². The van der Waals surface area contributed by atoms with Crippen LogP contribution in [0.1, 0.15) is 131 Å². The molecule has 3 aliphatic rings. The van der Waals surface area contributed by atoms with Gasteiger partial charge < -0.3 is 29.0 Å². The zero-order valence-corrected chi connectivity index (χ0v) is 25.4. The molecule has 3 aliphatic heterocycles. The molecule has 0 aromatic rings. The van der Waals surface area contributed by atoms with Gasteiger partial charge in [-0.1, -0.05) is 77.6 Å². The third kappa shape index (κ3) is 10.5. The highest BCUT2D eigenvalue weighted by Crippen LogP contribution is 2.43. The van der Waals surface area contributed by atoms with Crippen LogP contribution in [0.2, 0.25) is 0 Å². The Morgan fingerprint density at radius 2 is 1.26 bits per heavy atom. The number of carbonyl (C=O) groups excluding carboxylic acids is 1. The maximum atomic E-state index is 12.5. The molecule has 0 aromatic carbocycles. The number of amides is 1. The summed E-state index contributed by atoms with van der Waals surface area (Å²) < 4.78 is 30.4. The molecule has 3 heterocycles. The van der Waals surface area contributed by atoms with E-state index in [1.807, 2.05) is 27.7 Å². The van der Waals surface area contributed by atoms with Gasteiger partial charge in [-0.25, -0.2) is 0 Å². The summed E-state index contributed by atoms with van der Waals surface area (Å²) in [4.78, 5) is 12.5. The smallest absolute Gasteiger partial charge is 0.220 e. The lowest BCUT2D eigenvalue weighted by Crippen LogP contribution is -2.57. The predicted octanol–water partition coefficient (Wildman–Crippen LogP) is 6.98. The van der Waals surface area contributed by atoms with Crippen molar-refractivity contribution in [1.29, 1.82) is 0 Å². The molecule has 3 rings (SSSR count). The van der Waals surface area contributed by atoms with Gasteiger partial charge in [0.2, 0.25) is 5.91 Å². The molecule has 0 saturated carbocycles. The van der Waals surface area contributed by atoms with E-state index in [1.165, 1.54) is 64.2 Å². The molecule has 0 bridgehead atoms. The third-order valence-corrected chi connectivity index (χ3v) is 8.23. The van der Waals surface area contributed by atoms with Crippen molar-refractivity contribution < 1.29 is 28.5 Å². The quantitative estimate of drug-likeness (QED) is 0.144. The van der Waals surface area contributed by atoms with Gasteiger partial charge >= 0.3 is 0 Å². The van der Waals surface area contributed by atoms with E-state index in [1.54, 1.807) is 0 Å². The average molecular weight is 560 g/mol. The Bertz CT molecular complexity index is 704. The number of halogens is 1. The second kappa shape index (κ2) is 15.5. The van der Waals surface area contributed by atoms with Crippen LogP contribution < -0.4 is 5.32 Å². The summed E-state index contributed by atoms with van der Waals surface area (Å²) in [5.41, 5.74) is 0. The fourth-order valence-electron chi connectivity index (χ4n) is 5.81. The number of ether oxygens (including phenoxy) is 5. The summed E-state index contributed by atoms with van der Waals surface area (Å²) in [7, 11) is 0. The van der Waals surface area contributed by atoms with Crippen molar-refractivity contribution in [2.45, 2.75) is 179 Å². The molecule has 3 saturated heterocycles. The Morgan fingerprint density at radius 1 is 0.737 bits per heavy atom. The highest BCUT2D eigenvalue weighted by atomic mass is 35.5. The van der Waals surface area contributed by atoms with Crippen molar-refractivity contribution in [2.75, 3.05) is 6.54 Å². The molecule has 38 heavy (non-hydrogen) atoms. The Labute approximate surface area is 236 Å². The summed E-state index contributed by atoms with van der Waals surface area (Å²) in [5, 5.41) is 3.38. The van der Waals surface area contributed by atoms with E-state index >= 15 is 0 Å². The topological polar surface area (TPSA) is 75.3 Å². The summed E-state index contributed by atoms with van der Waals surface area (Å²) in [6.07, 6.45) is 15.8. The first-order valence-corrected chi connectivity index (χ1v) is 15.8. The number of carbonyl (C=O) groups is 1. The second-order valence-corrected chi connectivity index (χ2v) is 12.9. The van der Waals surface area contributed by atoms with E-state index in [9.17, 15) is 4.79 Å². The average Bonchev–Trinajstić information content (AvgIpc) is 3.35. The Balaban J connectivity index is 1.22. The van der Waals surface area contributed by atoms with Gasteiger partial charge in [0.15, 0.2) is 17.9 Å². The Morgan fingerprint density at radius 3 is 1.92 bits per heavy atom. The molecule has 1 N–H and O–H groups in total. The predicted molar refractivity (Wildman–Crippen MR) is 150 cm³/mol. The fraction of sp³-hybridized carbons (Fsp3) is 0.967. The van der Waals surface area contributed by atoms with Crippen molar-refractivity contribution >= 4 is 17.5 Å². The minimum atomic E-state index is -0.743. The highest BCUT2D eigenvalue weighted by molar-refractivity contribution is 6.20. The molecule has 1 unspecified atom stereocenters. The molecule has 3 fully saturated rings. The Hall–Kier alpha value is -0.440. The summed E-state index contributed by atoms with van der Waals surface area (Å²) in [5.74, 6) is -1.42. The Kier molecular flexibility index (Phi) is 13.1. The van der Waals surface area contributed by atoms with Gasteiger partial charge in [0.25, 0.3) is 0 Å². The monoisotopic (exact) mass is 559 g/mol. The molecule has 0 radical (unpaired) electrons. The maximum absolute atomic E-state index is 12.5. The van der Waals surface area contributed by atoms with Crippen LogP contribution in [-0.2, 0) is 28.5 Å². The van der Waals surface area contributed by atoms with Crippen LogP contribution in [0.25, 0.3) is 0 Å². The minimum absolute atomic E-state index is 0.0500. The van der Waals surface area contributed by atoms with Gasteiger partial charge in [-0.15, -0.1) is 11.6 Å². The number of unbranched alkanes of at least 4 members (excludes halogenated alkanes) is 10. The molecule has 1 amide bonds. The van der Waals surface area contributed by atoms with Crippen LogP contribution in [0.5, 0.6) is 0 Å². The fourth-order valence-corrected chi connectivity index (χ4v) is 6.12. The molecule has 8 heteroatoms. The van der Waals surface area contributed by atoms with E-state index in [0.29, 0.717) is 18.3 Å². The first kappa shape index (κ1) is 32.1. The molecule has 0 aromatic heterocycles. The molecular weight excluding hydrogens is 506 g/mol. The zero-order valence-electron chi connectivity index (χ0n) is 24.6. The van der Waals surface area contributed by atoms with Crippen LogP contribution in [0.3, 0.4) is 0 Å². The molecule has 7 nitrogen and oxygen atoms in total. The lowest BCUT2D eigenvalue weighted by Gasteiger charge is -2.37. The molecule has 6 atom stereocenters. The number of fused-ring (bicyclic) bond motifs is 3. The molecule has 222 valence electrons. The normalized spacial score (nSPS) is 30.1. The lowest BCUT2D eigenvalue weighted by molar-refractivity contribution is -0.232. The van der Waals surface area contributed by atoms with Crippen LogP contribution in [0, 0.1) is 0 Å². The van der Waals surface area contributed by atoms with E-state index in [4.69, 9.17) is 35.3 Å². The first-order valence-electron chi connectivity index (χ1n) is 15.4. The summed E-state index contributed by atoms with van der Waals surface area (Å²) in [6, 6.07) is 0. The third-order valence-electron chi connectivity index (χ3n) is 7.79. The second-order valence-electron chi connectivity index (χ2n) is 12.3. The highest BCUT2D eigenvalue weighted by Gasteiger charge is 2.60. The van der Waals surface area contributed by atoms with Crippen molar-refractivity contribution in [3.63, 3.8) is 0 Å². The molecule has 0 aliphatic carbocycles. The van der Waals surface area contributed by atoms with Crippen LogP contribution >= 0.6 is 11.6 Å². The number of alkyl halides is 1. The first-order chi connectivity index (χ1) is 18.1. The van der Waals surface area contributed by atoms with Crippen molar-refractivity contribution in [3.8, 4) is 0 Å². The number of hydrogen-bond acceptors (Lipinski definition) is 6. The SMILES string of the molecule is CCCCCCCCC(Cl)CCCCCCCCC(=O)NC[C@H]1O[C@@H]2OC(C)(C)O[C@@H]2[C@H]2OC(C)(C)O[C@H]21. The number of nitrogens with one attached hydrogen (secondary N) is 1. The maximum Gasteiger partial charge on any atom is 0.220 e. The van der Waals surface area contributed by atoms with Crippen molar-refractivity contribution in [3.05, 3.63) is 0 Å². The van der Waals surface area contributed by atoms with E-state index in [0.717, 1.165) is 25.7 Å². The molecule has 0 spiro atoms. The zero-order chi connectivity index (χ0) is 27.6. The van der Waals surface area contributed by atoms with Crippen LogP contribution in [0.15, 0.2) is 0 Å². The van der Waals surface area contributed by atoms with Crippen LogP contribution in [0.4, 0.5) is 0 Å². The number of hydrogen-bond donors (Lipinski definition) is 1. The summed E-state index contributed by atoms with van der Waals surface area (Å²) >= 11 is 6.51. The van der Waals surface area contributed by atoms with E-state index in [-0.39, 0.29) is 30.3 Å². The van der Waals surface area contributed by atoms with Crippen LogP contribution in [-0.4, -0.2) is 60.1 Å². The van der Waals surface area contributed by atoms with Gasteiger partial charge in [0.05, 0.1) is 0 Å². The van der Waals surface area contributed by atoms with Gasteiger partial charge in [-0.2, -0.15) is 0 Å². The van der Waals surface area contributed by atoms with Gasteiger partial charge in [0.1, 0.15) is 24.4 Å². The number of rotatable bonds is 18. The molecular formula is C30H54ClNO6. The minimum Gasteiger partial charge on any atom is -0.353 e. The van der Waals surface area contributed by atoms with Gasteiger partial charge in [-0.05, 0) is 47.0 Å². The van der Waals surface area contributed by atoms with Crippen molar-refractivity contribution in [2.24, 2.45) is 0 Å². The van der Waals surface area contributed by atoms with Crippen molar-refractivity contribution in [1.82, 2.24) is 5.32 Å². The largest absolute Gasteiger partial charge is 0.353 e.